The van der Waals surface area contributed by atoms with Crippen LogP contribution in [0.2, 0.25) is 0 Å². The van der Waals surface area contributed by atoms with Gasteiger partial charge in [0.2, 0.25) is 5.60 Å². The zero-order valence-corrected chi connectivity index (χ0v) is 23.7. The highest BCUT2D eigenvalue weighted by Gasteiger charge is 2.50. The highest BCUT2D eigenvalue weighted by molar-refractivity contribution is 9.10. The largest absolute Gasteiger partial charge is 0.457 e. The Labute approximate surface area is 242 Å². The number of pyridine rings is 2. The third-order valence-corrected chi connectivity index (χ3v) is 8.27. The molecule has 0 bridgehead atoms. The number of cyclic esters (lactones) is 1. The number of fused-ring (bicyclic) bond motifs is 5. The summed E-state index contributed by atoms with van der Waals surface area (Å²) >= 11 is 3.69. The molecule has 0 aliphatic carbocycles. The quantitative estimate of drug-likeness (QED) is 0.212. The van der Waals surface area contributed by atoms with Crippen molar-refractivity contribution in [3.8, 4) is 11.4 Å². The molecule has 0 saturated carbocycles. The van der Waals surface area contributed by atoms with Crippen LogP contribution < -0.4 is 10.9 Å². The number of halogens is 1. The van der Waals surface area contributed by atoms with Gasteiger partial charge in [-0.25, -0.2) is 14.6 Å². The maximum Gasteiger partial charge on any atom is 0.411 e. The van der Waals surface area contributed by atoms with Crippen molar-refractivity contribution in [3.63, 3.8) is 0 Å². The van der Waals surface area contributed by atoms with E-state index in [1.165, 1.54) is 6.92 Å². The molecule has 0 saturated heterocycles. The molecule has 2 aromatic carbocycles. The van der Waals surface area contributed by atoms with E-state index in [1.807, 2.05) is 30.3 Å². The van der Waals surface area contributed by atoms with Gasteiger partial charge in [0.05, 0.1) is 29.0 Å². The van der Waals surface area contributed by atoms with Crippen molar-refractivity contribution in [2.24, 2.45) is 0 Å². The molecular formula is C30H24BrN3O7. The van der Waals surface area contributed by atoms with E-state index in [2.05, 4.69) is 21.2 Å². The second-order valence-electron chi connectivity index (χ2n) is 9.84. The minimum absolute atomic E-state index is 0.104. The third-order valence-electron chi connectivity index (χ3n) is 7.36. The molecule has 4 heterocycles. The molecular weight excluding hydrogens is 594 g/mol. The number of hydrogen-bond acceptors (Lipinski definition) is 8. The second-order valence-corrected chi connectivity index (χ2v) is 10.6. The summed E-state index contributed by atoms with van der Waals surface area (Å²) in [6.07, 6.45) is -0.487. The lowest BCUT2D eigenvalue weighted by Crippen LogP contribution is -2.47. The number of amides is 1. The van der Waals surface area contributed by atoms with Gasteiger partial charge in [-0.2, -0.15) is 0 Å². The molecule has 1 atom stereocenters. The van der Waals surface area contributed by atoms with Gasteiger partial charge in [-0.15, -0.1) is 0 Å². The van der Waals surface area contributed by atoms with Crippen molar-refractivity contribution >= 4 is 50.6 Å². The molecule has 1 unspecified atom stereocenters. The van der Waals surface area contributed by atoms with E-state index in [9.17, 15) is 19.2 Å². The maximum atomic E-state index is 13.6. The van der Waals surface area contributed by atoms with Crippen molar-refractivity contribution < 1.29 is 28.6 Å². The van der Waals surface area contributed by atoms with Crippen LogP contribution in [-0.4, -0.2) is 27.6 Å². The number of nitrogens with one attached hydrogen (secondary N) is 1. The Morgan fingerprint density at radius 3 is 2.63 bits per heavy atom. The van der Waals surface area contributed by atoms with Crippen LogP contribution in [-0.2, 0) is 49.2 Å². The summed E-state index contributed by atoms with van der Waals surface area (Å²) in [6.45, 7) is 3.08. The van der Waals surface area contributed by atoms with Crippen molar-refractivity contribution in [3.05, 3.63) is 91.7 Å². The van der Waals surface area contributed by atoms with Crippen LogP contribution in [0.3, 0.4) is 0 Å². The molecule has 4 aromatic rings. The highest BCUT2D eigenvalue weighted by atomic mass is 79.9. The van der Waals surface area contributed by atoms with Gasteiger partial charge in [0.25, 0.3) is 5.56 Å². The molecule has 1 amide bonds. The molecule has 11 heteroatoms. The molecule has 0 spiro atoms. The SMILES string of the molecule is CCC1(OC(C)=O)C(=O)OCc2c1cc1n(c2=O)Cc2c-1nc1ccc(NC(=O)OCc3ccccc3)cc1c2Br. The zero-order chi connectivity index (χ0) is 28.9. The van der Waals surface area contributed by atoms with Crippen LogP contribution in [0.5, 0.6) is 0 Å². The molecule has 1 N–H and O–H groups in total. The van der Waals surface area contributed by atoms with Gasteiger partial charge in [0, 0.05) is 33.6 Å². The summed E-state index contributed by atoms with van der Waals surface area (Å²) in [7, 11) is 0. The topological polar surface area (TPSA) is 126 Å². The first-order valence-corrected chi connectivity index (χ1v) is 13.8. The number of carbonyl (C=O) groups is 3. The lowest BCUT2D eigenvalue weighted by molar-refractivity contribution is -0.188. The maximum absolute atomic E-state index is 13.6. The van der Waals surface area contributed by atoms with Crippen molar-refractivity contribution in [1.29, 1.82) is 0 Å². The average molecular weight is 618 g/mol. The summed E-state index contributed by atoms with van der Waals surface area (Å²) in [5, 5.41) is 3.48. The summed E-state index contributed by atoms with van der Waals surface area (Å²) in [4.78, 5) is 55.7. The standard InChI is InChI=1S/C30H24BrN3O7/c1-3-30(41-16(2)35)22-12-24-26-20(13-34(24)27(36)21(22)15-39-28(30)37)25(31)19-11-18(9-10-23(19)33-26)32-29(38)40-14-17-7-5-4-6-8-17/h4-12H,3,13-15H2,1-2H3,(H,32,38). The molecule has 0 radical (unpaired) electrons. The Kier molecular flexibility index (Phi) is 6.61. The normalized spacial score (nSPS) is 16.8. The van der Waals surface area contributed by atoms with E-state index in [0.717, 1.165) is 16.5 Å². The third kappa shape index (κ3) is 4.46. The van der Waals surface area contributed by atoms with E-state index in [1.54, 1.807) is 35.8 Å². The van der Waals surface area contributed by atoms with E-state index < -0.39 is 23.6 Å². The number of anilines is 1. The van der Waals surface area contributed by atoms with Crippen LogP contribution in [0.1, 0.15) is 42.5 Å². The second kappa shape index (κ2) is 10.2. The summed E-state index contributed by atoms with van der Waals surface area (Å²) in [6, 6.07) is 16.3. The molecule has 41 heavy (non-hydrogen) atoms. The van der Waals surface area contributed by atoms with Gasteiger partial charge in [0.15, 0.2) is 0 Å². The number of benzene rings is 2. The van der Waals surface area contributed by atoms with E-state index >= 15 is 0 Å². The van der Waals surface area contributed by atoms with Crippen LogP contribution in [0.4, 0.5) is 10.5 Å². The van der Waals surface area contributed by atoms with Gasteiger partial charge in [-0.3, -0.25) is 14.9 Å². The predicted octanol–water partition coefficient (Wildman–Crippen LogP) is 5.16. The minimum Gasteiger partial charge on any atom is -0.457 e. The number of nitrogens with zero attached hydrogens (tertiary/aromatic N) is 2. The van der Waals surface area contributed by atoms with Crippen LogP contribution >= 0.6 is 15.9 Å². The number of aromatic nitrogens is 2. The Bertz CT molecular complexity index is 1820. The Hall–Kier alpha value is -4.51. The van der Waals surface area contributed by atoms with Gasteiger partial charge in [0.1, 0.15) is 13.2 Å². The van der Waals surface area contributed by atoms with Gasteiger partial charge < -0.3 is 18.8 Å². The molecule has 0 fully saturated rings. The summed E-state index contributed by atoms with van der Waals surface area (Å²) in [5.74, 6) is -1.36. The number of hydrogen-bond donors (Lipinski definition) is 1. The van der Waals surface area contributed by atoms with Gasteiger partial charge in [-0.1, -0.05) is 37.3 Å². The first-order valence-electron chi connectivity index (χ1n) is 13.0. The first kappa shape index (κ1) is 26.7. The molecule has 208 valence electrons. The summed E-state index contributed by atoms with van der Waals surface area (Å²) in [5.41, 5.74) is 2.41. The highest BCUT2D eigenvalue weighted by Crippen LogP contribution is 2.43. The lowest BCUT2D eigenvalue weighted by atomic mass is 9.85. The zero-order valence-electron chi connectivity index (χ0n) is 22.2. The first-order chi connectivity index (χ1) is 19.7. The number of ether oxygens (including phenoxy) is 3. The Balaban J connectivity index is 1.36. The minimum atomic E-state index is -1.71. The van der Waals surface area contributed by atoms with Gasteiger partial charge in [-0.05, 0) is 52.2 Å². The van der Waals surface area contributed by atoms with Crippen molar-refractivity contribution in [2.45, 2.75) is 45.6 Å². The smallest absolute Gasteiger partial charge is 0.411 e. The molecule has 2 aliphatic rings. The summed E-state index contributed by atoms with van der Waals surface area (Å²) < 4.78 is 18.4. The molecule has 2 aliphatic heterocycles. The molecule has 6 rings (SSSR count). The van der Waals surface area contributed by atoms with E-state index in [4.69, 9.17) is 19.2 Å². The monoisotopic (exact) mass is 617 g/mol. The fraction of sp³-hybridized carbons (Fsp3) is 0.233. The average Bonchev–Trinajstić information content (AvgIpc) is 3.33. The Morgan fingerprint density at radius 2 is 1.90 bits per heavy atom. The van der Waals surface area contributed by atoms with Crippen LogP contribution in [0.25, 0.3) is 22.3 Å². The van der Waals surface area contributed by atoms with E-state index in [0.29, 0.717) is 32.6 Å². The van der Waals surface area contributed by atoms with Crippen LogP contribution in [0, 0.1) is 0 Å². The van der Waals surface area contributed by atoms with E-state index in [-0.39, 0.29) is 37.3 Å². The number of carbonyl (C=O) groups excluding carboxylic acids is 3. The van der Waals surface area contributed by atoms with Crippen molar-refractivity contribution in [1.82, 2.24) is 9.55 Å². The van der Waals surface area contributed by atoms with Crippen LogP contribution in [0.15, 0.2) is 63.9 Å². The fourth-order valence-corrected chi connectivity index (χ4v) is 6.02. The molecule has 10 nitrogen and oxygen atoms in total. The predicted molar refractivity (Wildman–Crippen MR) is 152 cm³/mol. The Morgan fingerprint density at radius 1 is 1.12 bits per heavy atom. The van der Waals surface area contributed by atoms with Gasteiger partial charge >= 0.3 is 18.0 Å². The number of rotatable bonds is 5. The lowest BCUT2D eigenvalue weighted by Gasteiger charge is -2.35. The molecule has 2 aromatic heterocycles. The number of esters is 2. The van der Waals surface area contributed by atoms with Crippen molar-refractivity contribution in [2.75, 3.05) is 5.32 Å². The fourth-order valence-electron chi connectivity index (χ4n) is 5.39.